The molecule has 0 bridgehead atoms. The summed E-state index contributed by atoms with van der Waals surface area (Å²) in [7, 11) is 14.9. The number of furan rings is 1. The minimum Gasteiger partial charge on any atom is -0.454 e. The molecule has 142 valence electrons. The molecule has 0 aliphatic heterocycles. The van der Waals surface area contributed by atoms with Gasteiger partial charge in [0.05, 0.1) is 11.4 Å². The molecule has 0 N–H and O–H groups in total. The maximum Gasteiger partial charge on any atom is 0.168 e. The van der Waals surface area contributed by atoms with Crippen LogP contribution in [0.4, 0.5) is 0 Å². The first-order chi connectivity index (χ1) is 11.5. The van der Waals surface area contributed by atoms with E-state index in [1.807, 2.05) is 82.4 Å². The molecular weight excluding hydrogens is 354 g/mol. The molecule has 9 heteroatoms. The van der Waals surface area contributed by atoms with E-state index in [1.165, 1.54) is 0 Å². The Kier molecular flexibility index (Phi) is 8.82. The fourth-order valence-corrected chi connectivity index (χ4v) is 5.05. The van der Waals surface area contributed by atoms with E-state index in [1.54, 1.807) is 0 Å². The van der Waals surface area contributed by atoms with Crippen molar-refractivity contribution < 1.29 is 4.42 Å². The minimum atomic E-state index is -0.725. The highest BCUT2D eigenvalue weighted by atomic mass is 31.2. The van der Waals surface area contributed by atoms with Gasteiger partial charge < -0.3 is 4.42 Å². The summed E-state index contributed by atoms with van der Waals surface area (Å²) in [4.78, 5) is 0. The second-order valence-electron chi connectivity index (χ2n) is 6.46. The molecule has 0 aliphatic carbocycles. The lowest BCUT2D eigenvalue weighted by Crippen LogP contribution is -2.16. The first-order valence-electron chi connectivity index (χ1n) is 8.04. The highest BCUT2D eigenvalue weighted by Gasteiger charge is 2.17. The molecule has 0 aromatic carbocycles. The van der Waals surface area contributed by atoms with Crippen molar-refractivity contribution in [2.24, 2.45) is 9.53 Å². The Morgan fingerprint density at radius 3 is 1.20 bits per heavy atom. The summed E-state index contributed by atoms with van der Waals surface area (Å²) >= 11 is 0. The zero-order valence-corrected chi connectivity index (χ0v) is 18.9. The molecule has 0 spiro atoms. The zero-order valence-electron chi connectivity index (χ0n) is 17.1. The average molecular weight is 386 g/mol. The van der Waals surface area contributed by atoms with Crippen LogP contribution in [-0.4, -0.2) is 86.5 Å². The van der Waals surface area contributed by atoms with Crippen LogP contribution in [0.15, 0.2) is 26.1 Å². The van der Waals surface area contributed by atoms with Gasteiger partial charge in [-0.15, -0.1) is 0 Å². The minimum absolute atomic E-state index is 0.725. The first kappa shape index (κ1) is 22.4. The Labute approximate surface area is 155 Å². The predicted octanol–water partition coefficient (Wildman–Crippen LogP) is 3.60. The zero-order chi connectivity index (χ0) is 19.3. The van der Waals surface area contributed by atoms with Crippen LogP contribution in [-0.2, 0) is 0 Å². The van der Waals surface area contributed by atoms with Crippen molar-refractivity contribution in [1.82, 2.24) is 18.7 Å². The lowest BCUT2D eigenvalue weighted by molar-refractivity contribution is 0.546. The van der Waals surface area contributed by atoms with Crippen molar-refractivity contribution >= 4 is 28.2 Å². The summed E-state index contributed by atoms with van der Waals surface area (Å²) in [5.74, 6) is 1.58. The van der Waals surface area contributed by atoms with Gasteiger partial charge in [-0.1, -0.05) is 0 Å². The molecule has 1 aromatic rings. The van der Waals surface area contributed by atoms with Gasteiger partial charge in [-0.3, -0.25) is 18.7 Å². The lowest BCUT2D eigenvalue weighted by Gasteiger charge is -2.25. The van der Waals surface area contributed by atoms with Crippen LogP contribution >= 0.6 is 16.7 Å². The molecule has 0 radical (unpaired) electrons. The van der Waals surface area contributed by atoms with Crippen LogP contribution in [0.3, 0.4) is 0 Å². The molecule has 0 saturated carbocycles. The summed E-state index contributed by atoms with van der Waals surface area (Å²) in [6.45, 7) is 3.98. The Balaban J connectivity index is 3.05. The molecule has 7 nitrogen and oxygen atoms in total. The standard InChI is InChI=1S/C16H32N6OP2/c1-13(17-24(19(3)4)20(5)6)15-11-12-16(23-15)14(2)18-25(21(7)8)22(9)10/h11-12H,1-10H3/b17-13+,18-14+. The Morgan fingerprint density at radius 1 is 0.680 bits per heavy atom. The summed E-state index contributed by atoms with van der Waals surface area (Å²) < 4.78 is 24.1. The summed E-state index contributed by atoms with van der Waals surface area (Å²) in [6, 6.07) is 3.94. The topological polar surface area (TPSA) is 50.8 Å². The molecule has 0 aliphatic rings. The maximum atomic E-state index is 6.01. The van der Waals surface area contributed by atoms with Crippen molar-refractivity contribution in [3.05, 3.63) is 23.7 Å². The largest absolute Gasteiger partial charge is 0.454 e. The van der Waals surface area contributed by atoms with E-state index in [4.69, 9.17) is 13.9 Å². The van der Waals surface area contributed by atoms with Gasteiger partial charge in [0.15, 0.2) is 16.7 Å². The summed E-state index contributed by atoms with van der Waals surface area (Å²) in [5, 5.41) is 0. The van der Waals surface area contributed by atoms with E-state index in [2.05, 4.69) is 18.7 Å². The van der Waals surface area contributed by atoms with Gasteiger partial charge in [-0.25, -0.2) is 9.53 Å². The number of hydrogen-bond acceptors (Lipinski definition) is 7. The van der Waals surface area contributed by atoms with Gasteiger partial charge in [-0.2, -0.15) is 0 Å². The highest BCUT2D eigenvalue weighted by Crippen LogP contribution is 2.42. The van der Waals surface area contributed by atoms with Crippen LogP contribution in [0.5, 0.6) is 0 Å². The molecule has 0 saturated heterocycles. The predicted molar refractivity (Wildman–Crippen MR) is 112 cm³/mol. The second kappa shape index (κ2) is 9.86. The van der Waals surface area contributed by atoms with Gasteiger partial charge >= 0.3 is 0 Å². The average Bonchev–Trinajstić information content (AvgIpc) is 2.98. The van der Waals surface area contributed by atoms with E-state index in [0.717, 1.165) is 22.9 Å². The van der Waals surface area contributed by atoms with Crippen molar-refractivity contribution in [2.75, 3.05) is 56.4 Å². The first-order valence-corrected chi connectivity index (χ1v) is 10.4. The van der Waals surface area contributed by atoms with Gasteiger partial charge in [0.2, 0.25) is 0 Å². The quantitative estimate of drug-likeness (QED) is 0.505. The molecule has 0 atom stereocenters. The normalized spacial score (nSPS) is 14.2. The van der Waals surface area contributed by atoms with Crippen LogP contribution in [0.1, 0.15) is 25.4 Å². The third-order valence-corrected chi connectivity index (χ3v) is 7.05. The molecule has 1 heterocycles. The third-order valence-electron chi connectivity index (χ3n) is 3.23. The van der Waals surface area contributed by atoms with Crippen LogP contribution in [0.2, 0.25) is 0 Å². The molecule has 0 amide bonds. The van der Waals surface area contributed by atoms with Gasteiger partial charge in [-0.05, 0) is 82.4 Å². The maximum absolute atomic E-state index is 6.01. The van der Waals surface area contributed by atoms with Crippen LogP contribution in [0.25, 0.3) is 0 Å². The number of nitrogens with zero attached hydrogens (tertiary/aromatic N) is 6. The fourth-order valence-electron chi connectivity index (χ4n) is 2.17. The highest BCUT2D eigenvalue weighted by molar-refractivity contribution is 7.51. The Hall–Kier alpha value is -0.680. The second-order valence-corrected chi connectivity index (χ2v) is 11.1. The SMILES string of the molecule is C/C(=N\P(N(C)C)N(C)C)c1ccc(/C(C)=N/P(N(C)C)N(C)C)o1. The molecule has 0 unspecified atom stereocenters. The summed E-state index contributed by atoms with van der Waals surface area (Å²) in [6.07, 6.45) is 0. The third kappa shape index (κ3) is 6.52. The van der Waals surface area contributed by atoms with E-state index in [-0.39, 0.29) is 0 Å². The number of hydrogen-bond donors (Lipinski definition) is 0. The lowest BCUT2D eigenvalue weighted by atomic mass is 10.3. The molecule has 0 fully saturated rings. The Bertz CT molecular complexity index is 543. The van der Waals surface area contributed by atoms with Crippen LogP contribution in [0, 0.1) is 0 Å². The van der Waals surface area contributed by atoms with Crippen molar-refractivity contribution in [2.45, 2.75) is 13.8 Å². The summed E-state index contributed by atoms with van der Waals surface area (Å²) in [5.41, 5.74) is 1.80. The fraction of sp³-hybridized carbons (Fsp3) is 0.625. The number of rotatable bonds is 8. The Morgan fingerprint density at radius 2 is 0.960 bits per heavy atom. The smallest absolute Gasteiger partial charge is 0.168 e. The van der Waals surface area contributed by atoms with Crippen molar-refractivity contribution in [3.8, 4) is 0 Å². The van der Waals surface area contributed by atoms with E-state index in [9.17, 15) is 0 Å². The molecule has 1 aromatic heterocycles. The monoisotopic (exact) mass is 386 g/mol. The van der Waals surface area contributed by atoms with E-state index in [0.29, 0.717) is 0 Å². The molecule has 25 heavy (non-hydrogen) atoms. The molecule has 1 rings (SSSR count). The van der Waals surface area contributed by atoms with Crippen LogP contribution < -0.4 is 0 Å². The van der Waals surface area contributed by atoms with E-state index < -0.39 is 16.7 Å². The van der Waals surface area contributed by atoms with E-state index >= 15 is 0 Å². The molecular formula is C16H32N6OP2. The van der Waals surface area contributed by atoms with Crippen molar-refractivity contribution in [3.63, 3.8) is 0 Å². The van der Waals surface area contributed by atoms with Gasteiger partial charge in [0.1, 0.15) is 11.5 Å². The van der Waals surface area contributed by atoms with Gasteiger partial charge in [0.25, 0.3) is 0 Å². The van der Waals surface area contributed by atoms with Gasteiger partial charge in [0, 0.05) is 0 Å². The van der Waals surface area contributed by atoms with Crippen molar-refractivity contribution in [1.29, 1.82) is 0 Å².